The van der Waals surface area contributed by atoms with Gasteiger partial charge >= 0.3 is 0 Å². The molecule has 0 saturated carbocycles. The number of para-hydroxylation sites is 2. The Hall–Kier alpha value is -1.62. The van der Waals surface area contributed by atoms with Crippen molar-refractivity contribution in [2.75, 3.05) is 11.9 Å². The normalized spacial score (nSPS) is 12.1. The van der Waals surface area contributed by atoms with Crippen LogP contribution in [0.3, 0.4) is 0 Å². The molecule has 0 aliphatic heterocycles. The average Bonchev–Trinajstić information content (AvgIpc) is 2.18. The Morgan fingerprint density at radius 3 is 2.79 bits per heavy atom. The number of nitro benzene ring substituents is 1. The monoisotopic (exact) mass is 195 g/mol. The number of nitrogens with zero attached hydrogens (tertiary/aromatic N) is 1. The third kappa shape index (κ3) is 2.43. The van der Waals surface area contributed by atoms with Gasteiger partial charge in [0.2, 0.25) is 0 Å². The molecule has 14 heavy (non-hydrogen) atoms. The number of rotatable bonds is 4. The largest absolute Gasteiger partial charge is 0.376 e. The topological polar surface area (TPSA) is 81.2 Å². The predicted molar refractivity (Wildman–Crippen MR) is 55.2 cm³/mol. The minimum absolute atomic E-state index is 0.0242. The highest BCUT2D eigenvalue weighted by Crippen LogP contribution is 2.23. The van der Waals surface area contributed by atoms with Gasteiger partial charge in [-0.2, -0.15) is 0 Å². The zero-order chi connectivity index (χ0) is 10.6. The Bertz CT molecular complexity index is 328. The molecule has 0 bridgehead atoms. The molecular formula is C9H13N3O2. The van der Waals surface area contributed by atoms with Crippen LogP contribution in [0.4, 0.5) is 11.4 Å². The van der Waals surface area contributed by atoms with Crippen molar-refractivity contribution in [2.24, 2.45) is 5.73 Å². The number of nitro groups is 1. The SMILES string of the molecule is CC(CN)Nc1ccccc1[N+](=O)[O-]. The van der Waals surface area contributed by atoms with Crippen molar-refractivity contribution in [3.05, 3.63) is 34.4 Å². The Morgan fingerprint density at radius 2 is 2.21 bits per heavy atom. The zero-order valence-corrected chi connectivity index (χ0v) is 7.93. The van der Waals surface area contributed by atoms with E-state index in [0.29, 0.717) is 12.2 Å². The van der Waals surface area contributed by atoms with Gasteiger partial charge < -0.3 is 11.1 Å². The highest BCUT2D eigenvalue weighted by atomic mass is 16.6. The highest BCUT2D eigenvalue weighted by molar-refractivity contribution is 5.61. The van der Waals surface area contributed by atoms with E-state index in [4.69, 9.17) is 5.73 Å². The van der Waals surface area contributed by atoms with E-state index in [0.717, 1.165) is 0 Å². The third-order valence-electron chi connectivity index (χ3n) is 1.86. The van der Waals surface area contributed by atoms with Crippen LogP contribution < -0.4 is 11.1 Å². The van der Waals surface area contributed by atoms with E-state index in [9.17, 15) is 10.1 Å². The molecule has 0 amide bonds. The summed E-state index contributed by atoms with van der Waals surface area (Å²) in [4.78, 5) is 10.2. The van der Waals surface area contributed by atoms with E-state index in [1.807, 2.05) is 6.92 Å². The van der Waals surface area contributed by atoms with Gasteiger partial charge in [-0.3, -0.25) is 10.1 Å². The lowest BCUT2D eigenvalue weighted by atomic mass is 10.2. The molecule has 0 fully saturated rings. The zero-order valence-electron chi connectivity index (χ0n) is 7.93. The van der Waals surface area contributed by atoms with E-state index in [1.54, 1.807) is 18.2 Å². The standard InChI is InChI=1S/C9H13N3O2/c1-7(6-10)11-8-4-2-3-5-9(8)12(13)14/h2-5,7,11H,6,10H2,1H3. The van der Waals surface area contributed by atoms with Gasteiger partial charge in [-0.05, 0) is 13.0 Å². The van der Waals surface area contributed by atoms with Crippen LogP contribution in [0.1, 0.15) is 6.92 Å². The van der Waals surface area contributed by atoms with Gasteiger partial charge in [-0.1, -0.05) is 12.1 Å². The molecule has 1 aromatic rings. The first-order chi connectivity index (χ1) is 6.65. The molecule has 5 heteroatoms. The minimum Gasteiger partial charge on any atom is -0.376 e. The Kier molecular flexibility index (Phi) is 3.41. The van der Waals surface area contributed by atoms with Crippen molar-refractivity contribution in [3.8, 4) is 0 Å². The molecule has 5 nitrogen and oxygen atoms in total. The molecule has 0 spiro atoms. The number of nitrogens with one attached hydrogen (secondary N) is 1. The molecule has 1 atom stereocenters. The van der Waals surface area contributed by atoms with Gasteiger partial charge in [-0.15, -0.1) is 0 Å². The van der Waals surface area contributed by atoms with Gasteiger partial charge in [0.05, 0.1) is 4.92 Å². The molecule has 1 aromatic carbocycles. The molecule has 0 aromatic heterocycles. The highest BCUT2D eigenvalue weighted by Gasteiger charge is 2.12. The number of nitrogens with two attached hydrogens (primary N) is 1. The second kappa shape index (κ2) is 4.57. The molecule has 3 N–H and O–H groups in total. The summed E-state index contributed by atoms with van der Waals surface area (Å²) in [6, 6.07) is 6.54. The molecule has 0 heterocycles. The van der Waals surface area contributed by atoms with Crippen LogP contribution >= 0.6 is 0 Å². The summed E-state index contributed by atoms with van der Waals surface area (Å²) in [5, 5.41) is 13.6. The molecule has 76 valence electrons. The van der Waals surface area contributed by atoms with Crippen LogP contribution in [0, 0.1) is 10.1 Å². The fourth-order valence-corrected chi connectivity index (χ4v) is 1.08. The van der Waals surface area contributed by atoms with E-state index >= 15 is 0 Å². The smallest absolute Gasteiger partial charge is 0.292 e. The molecule has 0 aliphatic carbocycles. The molecule has 0 aliphatic rings. The lowest BCUT2D eigenvalue weighted by Crippen LogP contribution is -2.25. The maximum atomic E-state index is 10.6. The molecule has 1 unspecified atom stereocenters. The van der Waals surface area contributed by atoms with Gasteiger partial charge in [0.15, 0.2) is 0 Å². The van der Waals surface area contributed by atoms with E-state index < -0.39 is 4.92 Å². The van der Waals surface area contributed by atoms with Gasteiger partial charge in [0.25, 0.3) is 5.69 Å². The fraction of sp³-hybridized carbons (Fsp3) is 0.333. The van der Waals surface area contributed by atoms with Crippen molar-refractivity contribution < 1.29 is 4.92 Å². The first kappa shape index (κ1) is 10.5. The molecule has 0 saturated heterocycles. The number of benzene rings is 1. The second-order valence-electron chi connectivity index (χ2n) is 3.06. The van der Waals surface area contributed by atoms with Crippen molar-refractivity contribution >= 4 is 11.4 Å². The Balaban J connectivity index is 2.90. The van der Waals surface area contributed by atoms with Crippen LogP contribution in [0.25, 0.3) is 0 Å². The van der Waals surface area contributed by atoms with E-state index in [2.05, 4.69) is 5.32 Å². The first-order valence-corrected chi connectivity index (χ1v) is 4.35. The van der Waals surface area contributed by atoms with Crippen molar-refractivity contribution in [3.63, 3.8) is 0 Å². The fourth-order valence-electron chi connectivity index (χ4n) is 1.08. The molecule has 1 rings (SSSR count). The van der Waals surface area contributed by atoms with Crippen LogP contribution in [-0.2, 0) is 0 Å². The summed E-state index contributed by atoms with van der Waals surface area (Å²) >= 11 is 0. The number of hydrogen-bond acceptors (Lipinski definition) is 4. The van der Waals surface area contributed by atoms with Gasteiger partial charge in [0, 0.05) is 18.7 Å². The first-order valence-electron chi connectivity index (χ1n) is 4.35. The van der Waals surface area contributed by atoms with Crippen LogP contribution in [0.5, 0.6) is 0 Å². The van der Waals surface area contributed by atoms with Crippen LogP contribution in [-0.4, -0.2) is 17.5 Å². The van der Waals surface area contributed by atoms with Gasteiger partial charge in [0.1, 0.15) is 5.69 Å². The summed E-state index contributed by atoms with van der Waals surface area (Å²) in [6.07, 6.45) is 0. The summed E-state index contributed by atoms with van der Waals surface area (Å²) in [6.45, 7) is 2.31. The summed E-state index contributed by atoms with van der Waals surface area (Å²) in [7, 11) is 0. The molecular weight excluding hydrogens is 182 g/mol. The van der Waals surface area contributed by atoms with E-state index in [-0.39, 0.29) is 11.7 Å². The van der Waals surface area contributed by atoms with Crippen LogP contribution in [0.15, 0.2) is 24.3 Å². The summed E-state index contributed by atoms with van der Waals surface area (Å²) in [5.41, 5.74) is 6.00. The Labute approximate surface area is 82.1 Å². The van der Waals surface area contributed by atoms with Crippen molar-refractivity contribution in [1.82, 2.24) is 0 Å². The molecule has 0 radical (unpaired) electrons. The second-order valence-corrected chi connectivity index (χ2v) is 3.06. The Morgan fingerprint density at radius 1 is 1.57 bits per heavy atom. The van der Waals surface area contributed by atoms with Crippen LogP contribution in [0.2, 0.25) is 0 Å². The lowest BCUT2D eigenvalue weighted by Gasteiger charge is -2.12. The maximum Gasteiger partial charge on any atom is 0.292 e. The quantitative estimate of drug-likeness (QED) is 0.561. The number of anilines is 1. The lowest BCUT2D eigenvalue weighted by molar-refractivity contribution is -0.384. The van der Waals surface area contributed by atoms with E-state index in [1.165, 1.54) is 6.07 Å². The number of hydrogen-bond donors (Lipinski definition) is 2. The van der Waals surface area contributed by atoms with Gasteiger partial charge in [-0.25, -0.2) is 0 Å². The average molecular weight is 195 g/mol. The maximum absolute atomic E-state index is 10.6. The predicted octanol–water partition coefficient (Wildman–Crippen LogP) is 1.35. The van der Waals surface area contributed by atoms with Crippen molar-refractivity contribution in [2.45, 2.75) is 13.0 Å². The third-order valence-corrected chi connectivity index (χ3v) is 1.86. The van der Waals surface area contributed by atoms with Crippen molar-refractivity contribution in [1.29, 1.82) is 0 Å². The summed E-state index contributed by atoms with van der Waals surface area (Å²) < 4.78 is 0. The minimum atomic E-state index is -0.411. The summed E-state index contributed by atoms with van der Waals surface area (Å²) in [5.74, 6) is 0.